The fourth-order valence-corrected chi connectivity index (χ4v) is 3.75. The van der Waals surface area contributed by atoms with E-state index < -0.39 is 11.4 Å². The molecule has 3 nitrogen and oxygen atoms in total. The van der Waals surface area contributed by atoms with Crippen LogP contribution in [0.5, 0.6) is 0 Å². The fourth-order valence-electron chi connectivity index (χ4n) is 3.75. The van der Waals surface area contributed by atoms with Crippen molar-refractivity contribution in [2.45, 2.75) is 72.6 Å². The molecular weight excluding hydrogens is 252 g/mol. The first-order valence-corrected chi connectivity index (χ1v) is 8.02. The van der Waals surface area contributed by atoms with Gasteiger partial charge in [0.2, 0.25) is 0 Å². The predicted octanol–water partition coefficient (Wildman–Crippen LogP) is 4.30. The lowest BCUT2D eigenvalue weighted by atomic mass is 9.69. The van der Waals surface area contributed by atoms with Crippen molar-refractivity contribution in [2.24, 2.45) is 23.2 Å². The summed E-state index contributed by atoms with van der Waals surface area (Å²) in [7, 11) is 0. The number of Topliss-reactive ketones (excluding diaryl/α,β-unsaturated/α-hetero) is 1. The zero-order valence-electron chi connectivity index (χ0n) is 13.4. The van der Waals surface area contributed by atoms with Gasteiger partial charge in [-0.05, 0) is 30.6 Å². The highest BCUT2D eigenvalue weighted by Crippen LogP contribution is 2.48. The molecule has 1 saturated carbocycles. The summed E-state index contributed by atoms with van der Waals surface area (Å²) in [5.41, 5.74) is -0.407. The zero-order valence-corrected chi connectivity index (χ0v) is 13.4. The molecule has 0 unspecified atom stereocenters. The molecule has 0 amide bonds. The monoisotopic (exact) mass is 282 g/mol. The Morgan fingerprint density at radius 1 is 1.35 bits per heavy atom. The van der Waals surface area contributed by atoms with Gasteiger partial charge in [-0.3, -0.25) is 9.59 Å². The third-order valence-corrected chi connectivity index (χ3v) is 5.12. The molecule has 3 atom stereocenters. The normalized spacial score (nSPS) is 28.1. The van der Waals surface area contributed by atoms with Crippen molar-refractivity contribution in [1.82, 2.24) is 0 Å². The second kappa shape index (κ2) is 7.24. The minimum atomic E-state index is -0.794. The smallest absolute Gasteiger partial charge is 0.303 e. The SMILES string of the molecule is CC(C)CCC[C@@H](C)[C@H]1CCC(=O)[C@]1(C)CCC(=O)O. The molecular formula is C17H30O3. The summed E-state index contributed by atoms with van der Waals surface area (Å²) in [5.74, 6) is 1.09. The van der Waals surface area contributed by atoms with Gasteiger partial charge >= 0.3 is 5.97 Å². The first kappa shape index (κ1) is 17.2. The number of carbonyl (C=O) groups excluding carboxylic acids is 1. The molecule has 0 aromatic rings. The number of carboxylic acids is 1. The van der Waals surface area contributed by atoms with Gasteiger partial charge in [0, 0.05) is 18.3 Å². The van der Waals surface area contributed by atoms with Crippen molar-refractivity contribution in [3.05, 3.63) is 0 Å². The zero-order chi connectivity index (χ0) is 15.3. The quantitative estimate of drug-likeness (QED) is 0.722. The van der Waals surface area contributed by atoms with E-state index in [1.54, 1.807) is 0 Å². The summed E-state index contributed by atoms with van der Waals surface area (Å²) in [6, 6.07) is 0. The van der Waals surface area contributed by atoms with Crippen LogP contribution in [0, 0.1) is 23.2 Å². The highest BCUT2D eigenvalue weighted by atomic mass is 16.4. The first-order chi connectivity index (χ1) is 9.27. The molecule has 1 fully saturated rings. The number of ketones is 1. The van der Waals surface area contributed by atoms with Gasteiger partial charge in [-0.2, -0.15) is 0 Å². The number of hydrogen-bond donors (Lipinski definition) is 1. The standard InChI is InChI=1S/C17H30O3/c1-12(2)6-5-7-13(3)14-8-9-15(18)17(14,4)11-10-16(19)20/h12-14H,5-11H2,1-4H3,(H,19,20)/t13-,14-,17-/m1/s1. The number of carboxylic acid groups (broad SMARTS) is 1. The summed E-state index contributed by atoms with van der Waals surface area (Å²) >= 11 is 0. The van der Waals surface area contributed by atoms with Crippen molar-refractivity contribution in [3.63, 3.8) is 0 Å². The van der Waals surface area contributed by atoms with Gasteiger partial charge in [0.05, 0.1) is 0 Å². The van der Waals surface area contributed by atoms with Crippen molar-refractivity contribution in [3.8, 4) is 0 Å². The van der Waals surface area contributed by atoms with Crippen molar-refractivity contribution in [1.29, 1.82) is 0 Å². The molecule has 0 aromatic carbocycles. The maximum Gasteiger partial charge on any atom is 0.303 e. The van der Waals surface area contributed by atoms with Crippen molar-refractivity contribution in [2.75, 3.05) is 0 Å². The Balaban J connectivity index is 2.61. The van der Waals surface area contributed by atoms with Gasteiger partial charge in [-0.1, -0.05) is 47.0 Å². The van der Waals surface area contributed by atoms with Crippen LogP contribution in [0.3, 0.4) is 0 Å². The third-order valence-electron chi connectivity index (χ3n) is 5.12. The minimum Gasteiger partial charge on any atom is -0.481 e. The van der Waals surface area contributed by atoms with Crippen LogP contribution in [-0.4, -0.2) is 16.9 Å². The molecule has 1 N–H and O–H groups in total. The molecule has 0 spiro atoms. The highest BCUT2D eigenvalue weighted by Gasteiger charge is 2.47. The molecule has 1 rings (SSSR count). The molecule has 0 heterocycles. The fraction of sp³-hybridized carbons (Fsp3) is 0.882. The van der Waals surface area contributed by atoms with E-state index in [2.05, 4.69) is 20.8 Å². The average Bonchev–Trinajstić information content (AvgIpc) is 2.63. The second-order valence-corrected chi connectivity index (χ2v) is 7.18. The van der Waals surface area contributed by atoms with Crippen LogP contribution in [0.1, 0.15) is 72.6 Å². The van der Waals surface area contributed by atoms with Gasteiger partial charge < -0.3 is 5.11 Å². The molecule has 1 aliphatic carbocycles. The summed E-state index contributed by atoms with van der Waals surface area (Å²) in [4.78, 5) is 23.0. The van der Waals surface area contributed by atoms with E-state index in [0.717, 1.165) is 18.8 Å². The van der Waals surface area contributed by atoms with E-state index in [0.29, 0.717) is 24.7 Å². The number of aliphatic carboxylic acids is 1. The van der Waals surface area contributed by atoms with Crippen LogP contribution in [0.4, 0.5) is 0 Å². The van der Waals surface area contributed by atoms with E-state index in [4.69, 9.17) is 5.11 Å². The Kier molecular flexibility index (Phi) is 6.22. The lowest BCUT2D eigenvalue weighted by molar-refractivity contribution is -0.138. The van der Waals surface area contributed by atoms with Crippen LogP contribution in [0.25, 0.3) is 0 Å². The second-order valence-electron chi connectivity index (χ2n) is 7.18. The van der Waals surface area contributed by atoms with Crippen LogP contribution >= 0.6 is 0 Å². The third kappa shape index (κ3) is 4.32. The minimum absolute atomic E-state index is 0.109. The summed E-state index contributed by atoms with van der Waals surface area (Å²) in [6.07, 6.45) is 5.78. The first-order valence-electron chi connectivity index (χ1n) is 8.02. The maximum atomic E-state index is 12.2. The molecule has 0 radical (unpaired) electrons. The molecule has 3 heteroatoms. The van der Waals surface area contributed by atoms with Crippen LogP contribution in [0.15, 0.2) is 0 Å². The van der Waals surface area contributed by atoms with Gasteiger partial charge in [0.15, 0.2) is 0 Å². The van der Waals surface area contributed by atoms with E-state index in [1.165, 1.54) is 12.8 Å². The lowest BCUT2D eigenvalue weighted by Crippen LogP contribution is -2.33. The van der Waals surface area contributed by atoms with E-state index in [-0.39, 0.29) is 12.2 Å². The molecule has 0 aliphatic heterocycles. The Hall–Kier alpha value is -0.860. The number of rotatable bonds is 8. The lowest BCUT2D eigenvalue weighted by Gasteiger charge is -2.34. The van der Waals surface area contributed by atoms with Gasteiger partial charge in [-0.15, -0.1) is 0 Å². The highest BCUT2D eigenvalue weighted by molar-refractivity contribution is 5.87. The Morgan fingerprint density at radius 3 is 2.55 bits per heavy atom. The van der Waals surface area contributed by atoms with E-state index in [1.807, 2.05) is 6.92 Å². The molecule has 116 valence electrons. The largest absolute Gasteiger partial charge is 0.481 e. The van der Waals surface area contributed by atoms with E-state index >= 15 is 0 Å². The van der Waals surface area contributed by atoms with Gasteiger partial charge in [0.25, 0.3) is 0 Å². The summed E-state index contributed by atoms with van der Waals surface area (Å²) in [6.45, 7) is 8.71. The van der Waals surface area contributed by atoms with Crippen LogP contribution < -0.4 is 0 Å². The predicted molar refractivity (Wildman–Crippen MR) is 80.6 cm³/mol. The Bertz CT molecular complexity index is 348. The summed E-state index contributed by atoms with van der Waals surface area (Å²) in [5, 5.41) is 8.89. The number of hydrogen-bond acceptors (Lipinski definition) is 2. The Morgan fingerprint density at radius 2 is 2.00 bits per heavy atom. The van der Waals surface area contributed by atoms with Crippen LogP contribution in [-0.2, 0) is 9.59 Å². The van der Waals surface area contributed by atoms with Gasteiger partial charge in [0.1, 0.15) is 5.78 Å². The van der Waals surface area contributed by atoms with Gasteiger partial charge in [-0.25, -0.2) is 0 Å². The average molecular weight is 282 g/mol. The van der Waals surface area contributed by atoms with Crippen molar-refractivity contribution >= 4 is 11.8 Å². The molecule has 0 aromatic heterocycles. The molecule has 0 bridgehead atoms. The van der Waals surface area contributed by atoms with Crippen LogP contribution in [0.2, 0.25) is 0 Å². The summed E-state index contributed by atoms with van der Waals surface area (Å²) < 4.78 is 0. The van der Waals surface area contributed by atoms with Crippen molar-refractivity contribution < 1.29 is 14.7 Å². The Labute approximate surface area is 123 Å². The number of carbonyl (C=O) groups is 2. The molecule has 20 heavy (non-hydrogen) atoms. The topological polar surface area (TPSA) is 54.4 Å². The molecule has 0 saturated heterocycles. The molecule has 1 aliphatic rings. The van der Waals surface area contributed by atoms with E-state index in [9.17, 15) is 9.59 Å². The maximum absolute atomic E-state index is 12.2.